The van der Waals surface area contributed by atoms with Crippen LogP contribution in [0.4, 0.5) is 0 Å². The summed E-state index contributed by atoms with van der Waals surface area (Å²) < 4.78 is 7.46. The predicted octanol–water partition coefficient (Wildman–Crippen LogP) is 4.66. The van der Waals surface area contributed by atoms with Crippen molar-refractivity contribution in [3.8, 4) is 11.4 Å². The summed E-state index contributed by atoms with van der Waals surface area (Å²) in [6, 6.07) is 15.2. The second-order valence-corrected chi connectivity index (χ2v) is 7.40. The predicted molar refractivity (Wildman–Crippen MR) is 109 cm³/mol. The molecule has 0 saturated heterocycles. The first-order valence-electron chi connectivity index (χ1n) is 9.66. The first kappa shape index (κ1) is 17.8. The number of rotatable bonds is 5. The van der Waals surface area contributed by atoms with Crippen LogP contribution in [-0.2, 0) is 13.0 Å². The minimum atomic E-state index is 0.347. The number of ether oxygens (including phenoxy) is 1. The lowest BCUT2D eigenvalue weighted by molar-refractivity contribution is 0.413. The Kier molecular flexibility index (Phi) is 4.99. The van der Waals surface area contributed by atoms with Crippen LogP contribution in [0.2, 0.25) is 0 Å². The Morgan fingerprint density at radius 3 is 2.85 bits per heavy atom. The zero-order valence-electron chi connectivity index (χ0n) is 16.3. The van der Waals surface area contributed by atoms with E-state index in [1.54, 1.807) is 7.11 Å². The van der Waals surface area contributed by atoms with Crippen LogP contribution in [0.15, 0.2) is 48.7 Å². The molecule has 4 heteroatoms. The van der Waals surface area contributed by atoms with Gasteiger partial charge in [0.25, 0.3) is 0 Å². The quantitative estimate of drug-likeness (QED) is 0.718. The number of methoxy groups -OCH3 is 1. The van der Waals surface area contributed by atoms with Crippen molar-refractivity contribution in [3.63, 3.8) is 0 Å². The molecule has 2 aromatic carbocycles. The maximum Gasteiger partial charge on any atom is 0.119 e. The third-order valence-corrected chi connectivity index (χ3v) is 5.60. The van der Waals surface area contributed by atoms with Gasteiger partial charge in [0.2, 0.25) is 0 Å². The van der Waals surface area contributed by atoms with E-state index in [1.165, 1.54) is 34.4 Å². The summed E-state index contributed by atoms with van der Waals surface area (Å²) in [4.78, 5) is 0. The lowest BCUT2D eigenvalue weighted by Gasteiger charge is -2.24. The molecule has 0 bridgehead atoms. The number of nitrogens with zero attached hydrogens (tertiary/aromatic N) is 2. The third-order valence-electron chi connectivity index (χ3n) is 5.60. The van der Waals surface area contributed by atoms with E-state index in [0.717, 1.165) is 30.8 Å². The SMILES string of the molecule is COc1cccc(CNC2CCCc3c2cnn3-c2ccc(C)c(C)c2)c1. The molecule has 1 aliphatic rings. The van der Waals surface area contributed by atoms with Crippen molar-refractivity contribution in [3.05, 3.63) is 76.6 Å². The molecular weight excluding hydrogens is 334 g/mol. The van der Waals surface area contributed by atoms with Gasteiger partial charge in [-0.2, -0.15) is 5.10 Å². The molecule has 4 nitrogen and oxygen atoms in total. The number of aromatic nitrogens is 2. The normalized spacial score (nSPS) is 16.2. The number of hydrogen-bond donors (Lipinski definition) is 1. The van der Waals surface area contributed by atoms with Gasteiger partial charge in [-0.3, -0.25) is 0 Å². The molecule has 0 amide bonds. The Morgan fingerprint density at radius 2 is 2.04 bits per heavy atom. The second kappa shape index (κ2) is 7.57. The van der Waals surface area contributed by atoms with Gasteiger partial charge in [-0.15, -0.1) is 0 Å². The van der Waals surface area contributed by atoms with E-state index in [0.29, 0.717) is 6.04 Å². The van der Waals surface area contributed by atoms with Gasteiger partial charge in [-0.25, -0.2) is 4.68 Å². The molecule has 3 aromatic rings. The van der Waals surface area contributed by atoms with E-state index >= 15 is 0 Å². The van der Waals surface area contributed by atoms with Crippen LogP contribution in [0.3, 0.4) is 0 Å². The summed E-state index contributed by atoms with van der Waals surface area (Å²) in [5.41, 5.74) is 7.70. The number of hydrogen-bond acceptors (Lipinski definition) is 3. The number of benzene rings is 2. The summed E-state index contributed by atoms with van der Waals surface area (Å²) in [6.07, 6.45) is 5.46. The van der Waals surface area contributed by atoms with Crippen LogP contribution in [0.5, 0.6) is 5.75 Å². The van der Waals surface area contributed by atoms with Gasteiger partial charge in [0.05, 0.1) is 19.0 Å². The molecule has 0 radical (unpaired) electrons. The minimum absolute atomic E-state index is 0.347. The lowest BCUT2D eigenvalue weighted by Crippen LogP contribution is -2.25. The zero-order valence-corrected chi connectivity index (χ0v) is 16.3. The highest BCUT2D eigenvalue weighted by molar-refractivity contribution is 5.42. The Morgan fingerprint density at radius 1 is 1.15 bits per heavy atom. The molecule has 140 valence electrons. The van der Waals surface area contributed by atoms with Crippen molar-refractivity contribution < 1.29 is 4.74 Å². The monoisotopic (exact) mass is 361 g/mol. The summed E-state index contributed by atoms with van der Waals surface area (Å²) in [6.45, 7) is 5.14. The second-order valence-electron chi connectivity index (χ2n) is 7.40. The zero-order chi connectivity index (χ0) is 18.8. The summed E-state index contributed by atoms with van der Waals surface area (Å²) >= 11 is 0. The van der Waals surface area contributed by atoms with Crippen molar-refractivity contribution in [2.24, 2.45) is 0 Å². The van der Waals surface area contributed by atoms with Crippen molar-refractivity contribution >= 4 is 0 Å². The van der Waals surface area contributed by atoms with E-state index in [1.807, 2.05) is 18.3 Å². The Balaban J connectivity index is 1.55. The lowest BCUT2D eigenvalue weighted by atomic mass is 9.92. The van der Waals surface area contributed by atoms with Crippen LogP contribution in [0.1, 0.15) is 46.8 Å². The van der Waals surface area contributed by atoms with Crippen molar-refractivity contribution in [1.82, 2.24) is 15.1 Å². The van der Waals surface area contributed by atoms with E-state index in [4.69, 9.17) is 9.84 Å². The largest absolute Gasteiger partial charge is 0.497 e. The number of nitrogens with one attached hydrogen (secondary N) is 1. The minimum Gasteiger partial charge on any atom is -0.497 e. The van der Waals surface area contributed by atoms with Crippen LogP contribution in [0.25, 0.3) is 5.69 Å². The van der Waals surface area contributed by atoms with E-state index in [2.05, 4.69) is 54.2 Å². The van der Waals surface area contributed by atoms with Gasteiger partial charge < -0.3 is 10.1 Å². The summed E-state index contributed by atoms with van der Waals surface area (Å²) in [5, 5.41) is 8.45. The third kappa shape index (κ3) is 3.62. The molecule has 1 heterocycles. The molecule has 27 heavy (non-hydrogen) atoms. The molecule has 1 unspecified atom stereocenters. The summed E-state index contributed by atoms with van der Waals surface area (Å²) in [5.74, 6) is 0.904. The molecule has 0 spiro atoms. The molecule has 0 saturated carbocycles. The van der Waals surface area contributed by atoms with E-state index in [-0.39, 0.29) is 0 Å². The first-order chi connectivity index (χ1) is 13.2. The van der Waals surface area contributed by atoms with Gasteiger partial charge in [-0.1, -0.05) is 18.2 Å². The Hall–Kier alpha value is -2.59. The average Bonchev–Trinajstić information content (AvgIpc) is 3.13. The highest BCUT2D eigenvalue weighted by Gasteiger charge is 2.24. The van der Waals surface area contributed by atoms with Gasteiger partial charge >= 0.3 is 0 Å². The fourth-order valence-corrected chi connectivity index (χ4v) is 3.87. The topological polar surface area (TPSA) is 39.1 Å². The fourth-order valence-electron chi connectivity index (χ4n) is 3.87. The maximum absolute atomic E-state index is 5.33. The molecular formula is C23H27N3O. The molecule has 4 rings (SSSR count). The highest BCUT2D eigenvalue weighted by Crippen LogP contribution is 2.31. The standard InChI is InChI=1S/C23H27N3O/c1-16-10-11-19(12-17(16)2)26-23-9-5-8-22(21(23)15-25-26)24-14-18-6-4-7-20(13-18)27-3/h4,6-7,10-13,15,22,24H,5,8-9,14H2,1-3H3. The molecule has 1 N–H and O–H groups in total. The smallest absolute Gasteiger partial charge is 0.119 e. The van der Waals surface area contributed by atoms with E-state index < -0.39 is 0 Å². The Bertz CT molecular complexity index is 945. The van der Waals surface area contributed by atoms with Crippen LogP contribution >= 0.6 is 0 Å². The van der Waals surface area contributed by atoms with Crippen LogP contribution in [0, 0.1) is 13.8 Å². The number of aryl methyl sites for hydroxylation is 2. The van der Waals surface area contributed by atoms with Crippen molar-refractivity contribution in [2.45, 2.75) is 45.7 Å². The fraction of sp³-hybridized carbons (Fsp3) is 0.348. The maximum atomic E-state index is 5.33. The van der Waals surface area contributed by atoms with Gasteiger partial charge in [0, 0.05) is 23.8 Å². The Labute approximate surface area is 161 Å². The first-order valence-corrected chi connectivity index (χ1v) is 9.66. The molecule has 0 aliphatic heterocycles. The van der Waals surface area contributed by atoms with Gasteiger partial charge in [0.15, 0.2) is 0 Å². The molecule has 0 fully saturated rings. The van der Waals surface area contributed by atoms with Crippen molar-refractivity contribution in [1.29, 1.82) is 0 Å². The van der Waals surface area contributed by atoms with E-state index in [9.17, 15) is 0 Å². The van der Waals surface area contributed by atoms with Crippen LogP contribution < -0.4 is 10.1 Å². The average molecular weight is 361 g/mol. The highest BCUT2D eigenvalue weighted by atomic mass is 16.5. The molecule has 1 atom stereocenters. The van der Waals surface area contributed by atoms with Gasteiger partial charge in [-0.05, 0) is 74.1 Å². The van der Waals surface area contributed by atoms with Gasteiger partial charge in [0.1, 0.15) is 5.75 Å². The molecule has 1 aliphatic carbocycles. The summed E-state index contributed by atoms with van der Waals surface area (Å²) in [7, 11) is 1.71. The van der Waals surface area contributed by atoms with Crippen molar-refractivity contribution in [2.75, 3.05) is 7.11 Å². The van der Waals surface area contributed by atoms with Crippen LogP contribution in [-0.4, -0.2) is 16.9 Å². The number of fused-ring (bicyclic) bond motifs is 1. The molecule has 1 aromatic heterocycles.